The van der Waals surface area contributed by atoms with E-state index >= 15 is 0 Å². The average Bonchev–Trinajstić information content (AvgIpc) is 2.83. The fourth-order valence-electron chi connectivity index (χ4n) is 3.43. The number of nitrogens with two attached hydrogens (primary N) is 1. The number of amides is 1. The van der Waals surface area contributed by atoms with Gasteiger partial charge in [-0.1, -0.05) is 6.92 Å². The number of carbonyl (C=O) groups excluding carboxylic acids is 1. The lowest BCUT2D eigenvalue weighted by molar-refractivity contribution is -0.136. The average molecular weight is 356 g/mol. The zero-order chi connectivity index (χ0) is 14.7. The Labute approximate surface area is 146 Å². The summed E-state index contributed by atoms with van der Waals surface area (Å²) in [6.07, 6.45) is 2.80. The highest BCUT2D eigenvalue weighted by Crippen LogP contribution is 2.22. The largest absolute Gasteiger partial charge is 0.373 e. The van der Waals surface area contributed by atoms with Crippen molar-refractivity contribution in [1.29, 1.82) is 0 Å². The zero-order valence-corrected chi connectivity index (χ0v) is 15.5. The molecule has 4 unspecified atom stereocenters. The Morgan fingerprint density at radius 2 is 1.86 bits per heavy atom. The topological polar surface area (TPSA) is 58.8 Å². The molecule has 5 nitrogen and oxygen atoms in total. The summed E-state index contributed by atoms with van der Waals surface area (Å²) in [4.78, 5) is 16.9. The maximum atomic E-state index is 12.4. The summed E-state index contributed by atoms with van der Waals surface area (Å²) in [5.74, 6) is 0.169. The highest BCUT2D eigenvalue weighted by molar-refractivity contribution is 5.85. The monoisotopic (exact) mass is 355 g/mol. The Kier molecular flexibility index (Phi) is 9.90. The van der Waals surface area contributed by atoms with Gasteiger partial charge in [0.2, 0.25) is 5.91 Å². The quantitative estimate of drug-likeness (QED) is 0.830. The number of hydrogen-bond donors (Lipinski definition) is 1. The van der Waals surface area contributed by atoms with E-state index in [1.54, 1.807) is 0 Å². The summed E-state index contributed by atoms with van der Waals surface area (Å²) in [5.41, 5.74) is 5.63. The van der Waals surface area contributed by atoms with Gasteiger partial charge in [0.1, 0.15) is 0 Å². The molecule has 7 heteroatoms. The molecule has 2 aliphatic rings. The molecule has 0 bridgehead atoms. The molecule has 0 saturated carbocycles. The summed E-state index contributed by atoms with van der Waals surface area (Å²) in [7, 11) is 0. The molecule has 22 heavy (non-hydrogen) atoms. The summed E-state index contributed by atoms with van der Waals surface area (Å²) < 4.78 is 5.77. The normalized spacial score (nSPS) is 30.4. The number of halogens is 2. The van der Waals surface area contributed by atoms with Crippen LogP contribution in [0.3, 0.4) is 0 Å². The van der Waals surface area contributed by atoms with Gasteiger partial charge in [-0.05, 0) is 26.7 Å². The second-order valence-corrected chi connectivity index (χ2v) is 6.44. The molecule has 2 fully saturated rings. The van der Waals surface area contributed by atoms with Gasteiger partial charge in [-0.25, -0.2) is 0 Å². The number of ether oxygens (including phenoxy) is 1. The van der Waals surface area contributed by atoms with Crippen molar-refractivity contribution in [3.8, 4) is 0 Å². The van der Waals surface area contributed by atoms with Gasteiger partial charge in [0.25, 0.3) is 0 Å². The predicted octanol–water partition coefficient (Wildman–Crippen LogP) is 1.52. The molecule has 132 valence electrons. The minimum absolute atomic E-state index is 0. The SMILES string of the molecule is CC1CN(CC2CCCN2C(=O)C(C)CN)CC(C)O1.Cl.Cl. The summed E-state index contributed by atoms with van der Waals surface area (Å²) in [6, 6.07) is 0.356. The maximum absolute atomic E-state index is 12.4. The van der Waals surface area contributed by atoms with E-state index in [0.717, 1.165) is 39.0 Å². The van der Waals surface area contributed by atoms with Crippen molar-refractivity contribution >= 4 is 30.7 Å². The lowest BCUT2D eigenvalue weighted by atomic mass is 10.1. The molecule has 2 N–H and O–H groups in total. The molecule has 0 aliphatic carbocycles. The van der Waals surface area contributed by atoms with Gasteiger partial charge in [0.05, 0.1) is 12.2 Å². The van der Waals surface area contributed by atoms with Crippen LogP contribution in [0.1, 0.15) is 33.6 Å². The number of likely N-dealkylation sites (tertiary alicyclic amines) is 1. The lowest BCUT2D eigenvalue weighted by Gasteiger charge is -2.38. The molecule has 4 atom stereocenters. The minimum atomic E-state index is -0.0573. The molecule has 2 saturated heterocycles. The van der Waals surface area contributed by atoms with Crippen molar-refractivity contribution in [1.82, 2.24) is 9.80 Å². The van der Waals surface area contributed by atoms with Crippen molar-refractivity contribution < 1.29 is 9.53 Å². The Morgan fingerprint density at radius 3 is 2.41 bits per heavy atom. The van der Waals surface area contributed by atoms with Crippen LogP contribution in [0.25, 0.3) is 0 Å². The number of carbonyl (C=O) groups is 1. The first-order valence-electron chi connectivity index (χ1n) is 7.89. The van der Waals surface area contributed by atoms with Gasteiger partial charge in [0, 0.05) is 44.7 Å². The third kappa shape index (κ3) is 5.53. The van der Waals surface area contributed by atoms with Crippen LogP contribution in [0.4, 0.5) is 0 Å². The molecule has 2 heterocycles. The standard InChI is InChI=1S/C15H29N3O2.2ClH/c1-11(7-16)15(19)18-6-4-5-14(18)10-17-8-12(2)20-13(3)9-17;;/h11-14H,4-10,16H2,1-3H3;2*1H. The second kappa shape index (κ2) is 9.93. The zero-order valence-electron chi connectivity index (χ0n) is 13.9. The van der Waals surface area contributed by atoms with Crippen LogP contribution in [0.15, 0.2) is 0 Å². The van der Waals surface area contributed by atoms with Crippen LogP contribution in [-0.2, 0) is 9.53 Å². The van der Waals surface area contributed by atoms with E-state index in [4.69, 9.17) is 10.5 Å². The molecule has 2 rings (SSSR count). The highest BCUT2D eigenvalue weighted by Gasteiger charge is 2.33. The fraction of sp³-hybridized carbons (Fsp3) is 0.933. The smallest absolute Gasteiger partial charge is 0.226 e. The number of hydrogen-bond acceptors (Lipinski definition) is 4. The number of morpholine rings is 1. The van der Waals surface area contributed by atoms with Crippen LogP contribution in [0.5, 0.6) is 0 Å². The molecular formula is C15H31Cl2N3O2. The van der Waals surface area contributed by atoms with Gasteiger partial charge in [-0.2, -0.15) is 0 Å². The van der Waals surface area contributed by atoms with E-state index in [9.17, 15) is 4.79 Å². The van der Waals surface area contributed by atoms with Crippen LogP contribution in [0.2, 0.25) is 0 Å². The molecule has 2 aliphatic heterocycles. The summed E-state index contributed by atoms with van der Waals surface area (Å²) in [5, 5.41) is 0. The Morgan fingerprint density at radius 1 is 1.27 bits per heavy atom. The van der Waals surface area contributed by atoms with E-state index < -0.39 is 0 Å². The van der Waals surface area contributed by atoms with Crippen molar-refractivity contribution in [3.05, 3.63) is 0 Å². The minimum Gasteiger partial charge on any atom is -0.373 e. The maximum Gasteiger partial charge on any atom is 0.226 e. The molecule has 0 aromatic rings. The van der Waals surface area contributed by atoms with Crippen LogP contribution in [-0.4, -0.2) is 66.7 Å². The number of nitrogens with zero attached hydrogens (tertiary/aromatic N) is 2. The van der Waals surface area contributed by atoms with Gasteiger partial charge in [-0.15, -0.1) is 24.8 Å². The first kappa shape index (κ1) is 21.9. The van der Waals surface area contributed by atoms with Gasteiger partial charge < -0.3 is 15.4 Å². The first-order chi connectivity index (χ1) is 9.51. The summed E-state index contributed by atoms with van der Waals surface area (Å²) >= 11 is 0. The van der Waals surface area contributed by atoms with Crippen molar-refractivity contribution in [2.45, 2.75) is 51.9 Å². The van der Waals surface area contributed by atoms with E-state index in [1.165, 1.54) is 0 Å². The predicted molar refractivity (Wildman–Crippen MR) is 93.9 cm³/mol. The van der Waals surface area contributed by atoms with Gasteiger partial charge in [-0.3, -0.25) is 9.69 Å². The molecular weight excluding hydrogens is 325 g/mol. The van der Waals surface area contributed by atoms with Crippen LogP contribution in [0, 0.1) is 5.92 Å². The molecule has 0 radical (unpaired) electrons. The third-order valence-corrected chi connectivity index (χ3v) is 4.40. The Bertz CT molecular complexity index is 337. The van der Waals surface area contributed by atoms with Crippen molar-refractivity contribution in [3.63, 3.8) is 0 Å². The van der Waals surface area contributed by atoms with Crippen molar-refractivity contribution in [2.75, 3.05) is 32.7 Å². The van der Waals surface area contributed by atoms with E-state index in [-0.39, 0.29) is 48.8 Å². The molecule has 0 spiro atoms. The van der Waals surface area contributed by atoms with E-state index in [2.05, 4.69) is 23.6 Å². The van der Waals surface area contributed by atoms with Crippen LogP contribution < -0.4 is 5.73 Å². The van der Waals surface area contributed by atoms with E-state index in [1.807, 2.05) is 6.92 Å². The summed E-state index contributed by atoms with van der Waals surface area (Å²) in [6.45, 7) is 10.4. The number of rotatable bonds is 4. The van der Waals surface area contributed by atoms with E-state index in [0.29, 0.717) is 12.6 Å². The van der Waals surface area contributed by atoms with Crippen LogP contribution >= 0.6 is 24.8 Å². The molecule has 0 aromatic carbocycles. The second-order valence-electron chi connectivity index (χ2n) is 6.44. The van der Waals surface area contributed by atoms with Gasteiger partial charge in [0.15, 0.2) is 0 Å². The fourth-order valence-corrected chi connectivity index (χ4v) is 3.43. The molecule has 1 amide bonds. The molecule has 0 aromatic heterocycles. The lowest BCUT2D eigenvalue weighted by Crippen LogP contribution is -2.51. The Balaban J connectivity index is 0.00000220. The highest BCUT2D eigenvalue weighted by atomic mass is 35.5. The Hall–Kier alpha value is -0.0700. The van der Waals surface area contributed by atoms with Crippen molar-refractivity contribution in [2.24, 2.45) is 11.7 Å². The van der Waals surface area contributed by atoms with Gasteiger partial charge >= 0.3 is 0 Å². The third-order valence-electron chi connectivity index (χ3n) is 4.40. The first-order valence-corrected chi connectivity index (χ1v) is 7.89.